The van der Waals surface area contributed by atoms with Crippen LogP contribution < -0.4 is 21.1 Å². The third-order valence-electron chi connectivity index (χ3n) is 2.19. The molecule has 110 valence electrons. The summed E-state index contributed by atoms with van der Waals surface area (Å²) in [7, 11) is 1.25. The number of carbonyl (C=O) groups excluding carboxylic acids is 1. The van der Waals surface area contributed by atoms with E-state index in [1.807, 2.05) is 6.92 Å². The second kappa shape index (κ2) is 8.18. The molecular weight excluding hydrogens is 282 g/mol. The van der Waals surface area contributed by atoms with E-state index in [9.17, 15) is 4.79 Å². The molecule has 0 saturated heterocycles. The zero-order valence-corrected chi connectivity index (χ0v) is 12.1. The number of anilines is 2. The van der Waals surface area contributed by atoms with Crippen LogP contribution in [0.5, 0.6) is 5.75 Å². The number of benzene rings is 1. The summed E-state index contributed by atoms with van der Waals surface area (Å²) < 4.78 is 14.8. The lowest BCUT2D eigenvalue weighted by atomic mass is 10.2. The van der Waals surface area contributed by atoms with Gasteiger partial charge in [0.25, 0.3) is 0 Å². The molecule has 4 N–H and O–H groups in total. The molecule has 0 aliphatic heterocycles. The summed E-state index contributed by atoms with van der Waals surface area (Å²) in [5.41, 5.74) is 6.83. The Kier molecular flexibility index (Phi) is 6.54. The highest BCUT2D eigenvalue weighted by molar-refractivity contribution is 7.80. The molecular formula is C12H17N3O4S. The van der Waals surface area contributed by atoms with Gasteiger partial charge in [-0.2, -0.15) is 0 Å². The number of nitrogen functional groups attached to an aromatic ring is 1. The molecule has 1 amide bonds. The van der Waals surface area contributed by atoms with Crippen LogP contribution in [-0.2, 0) is 9.47 Å². The van der Waals surface area contributed by atoms with Crippen LogP contribution in [0.25, 0.3) is 0 Å². The molecule has 0 unspecified atom stereocenters. The number of carbonyl (C=O) groups is 1. The van der Waals surface area contributed by atoms with E-state index in [0.29, 0.717) is 23.7 Å². The van der Waals surface area contributed by atoms with Crippen molar-refractivity contribution in [1.82, 2.24) is 5.32 Å². The van der Waals surface area contributed by atoms with Gasteiger partial charge < -0.3 is 25.3 Å². The van der Waals surface area contributed by atoms with E-state index in [0.717, 1.165) is 0 Å². The number of nitrogens with one attached hydrogen (secondary N) is 2. The van der Waals surface area contributed by atoms with Crippen molar-refractivity contribution in [2.45, 2.75) is 6.92 Å². The maximum absolute atomic E-state index is 11.0. The summed E-state index contributed by atoms with van der Waals surface area (Å²) in [6, 6.07) is 5.02. The Hall–Kier alpha value is -2.06. The highest BCUT2D eigenvalue weighted by Crippen LogP contribution is 2.24. The summed E-state index contributed by atoms with van der Waals surface area (Å²) in [6.45, 7) is 2.60. The molecule has 20 heavy (non-hydrogen) atoms. The Morgan fingerprint density at radius 2 is 2.20 bits per heavy atom. The van der Waals surface area contributed by atoms with Crippen LogP contribution in [0, 0.1) is 0 Å². The lowest BCUT2D eigenvalue weighted by Gasteiger charge is -2.12. The first-order chi connectivity index (χ1) is 9.56. The zero-order chi connectivity index (χ0) is 15.0. The molecule has 0 heterocycles. The van der Waals surface area contributed by atoms with Gasteiger partial charge in [0.1, 0.15) is 5.75 Å². The van der Waals surface area contributed by atoms with Crippen LogP contribution in [0.4, 0.5) is 16.2 Å². The van der Waals surface area contributed by atoms with E-state index >= 15 is 0 Å². The van der Waals surface area contributed by atoms with Crippen molar-refractivity contribution in [3.05, 3.63) is 18.2 Å². The fourth-order valence-electron chi connectivity index (χ4n) is 1.23. The van der Waals surface area contributed by atoms with Crippen LogP contribution in [0.3, 0.4) is 0 Å². The van der Waals surface area contributed by atoms with Gasteiger partial charge in [-0.3, -0.25) is 5.32 Å². The van der Waals surface area contributed by atoms with E-state index in [2.05, 4.69) is 15.4 Å². The molecule has 0 radical (unpaired) electrons. The van der Waals surface area contributed by atoms with E-state index in [-0.39, 0.29) is 11.9 Å². The maximum Gasteiger partial charge on any atom is 0.413 e. The SMILES string of the molecule is CCOCOc1ccc(NC(=S)NC(=O)OC)c(N)c1. The van der Waals surface area contributed by atoms with Gasteiger partial charge in [-0.15, -0.1) is 0 Å². The van der Waals surface area contributed by atoms with Crippen molar-refractivity contribution in [3.8, 4) is 5.75 Å². The summed E-state index contributed by atoms with van der Waals surface area (Å²) in [4.78, 5) is 11.0. The molecule has 0 aliphatic rings. The number of nitrogens with two attached hydrogens (primary N) is 1. The van der Waals surface area contributed by atoms with Crippen LogP contribution in [0.2, 0.25) is 0 Å². The number of alkyl carbamates (subject to hydrolysis) is 1. The Bertz CT molecular complexity index is 482. The number of amides is 1. The maximum atomic E-state index is 11.0. The average molecular weight is 299 g/mol. The predicted octanol–water partition coefficient (Wildman–Crippen LogP) is 1.69. The molecule has 8 heteroatoms. The van der Waals surface area contributed by atoms with Crippen molar-refractivity contribution in [3.63, 3.8) is 0 Å². The minimum Gasteiger partial charge on any atom is -0.467 e. The second-order valence-electron chi connectivity index (χ2n) is 3.57. The van der Waals surface area contributed by atoms with Crippen LogP contribution in [0.1, 0.15) is 6.92 Å². The molecule has 1 rings (SSSR count). The number of hydrogen-bond donors (Lipinski definition) is 3. The van der Waals surface area contributed by atoms with Crippen molar-refractivity contribution in [1.29, 1.82) is 0 Å². The van der Waals surface area contributed by atoms with Crippen LogP contribution in [0.15, 0.2) is 18.2 Å². The predicted molar refractivity (Wildman–Crippen MR) is 79.7 cm³/mol. The van der Waals surface area contributed by atoms with Gasteiger partial charge in [0.05, 0.1) is 18.5 Å². The topological polar surface area (TPSA) is 94.8 Å². The summed E-state index contributed by atoms with van der Waals surface area (Å²) >= 11 is 4.93. The molecule has 0 saturated carbocycles. The Labute approximate surface area is 122 Å². The van der Waals surface area contributed by atoms with E-state index in [1.54, 1.807) is 18.2 Å². The van der Waals surface area contributed by atoms with E-state index in [1.165, 1.54) is 7.11 Å². The molecule has 0 bridgehead atoms. The highest BCUT2D eigenvalue weighted by Gasteiger charge is 2.07. The monoisotopic (exact) mass is 299 g/mol. The van der Waals surface area contributed by atoms with E-state index in [4.69, 9.17) is 27.4 Å². The average Bonchev–Trinajstić information content (AvgIpc) is 2.42. The first kappa shape index (κ1) is 16.0. The molecule has 0 spiro atoms. The summed E-state index contributed by atoms with van der Waals surface area (Å²) in [6.07, 6.45) is -0.655. The summed E-state index contributed by atoms with van der Waals surface area (Å²) in [5, 5.41) is 5.18. The van der Waals surface area contributed by atoms with Crippen molar-refractivity contribution in [2.24, 2.45) is 0 Å². The normalized spacial score (nSPS) is 9.70. The van der Waals surface area contributed by atoms with Gasteiger partial charge in [0.2, 0.25) is 0 Å². The molecule has 1 aromatic rings. The van der Waals surface area contributed by atoms with Gasteiger partial charge in [-0.1, -0.05) is 0 Å². The fourth-order valence-corrected chi connectivity index (χ4v) is 1.43. The number of thiocarbonyl (C=S) groups is 1. The summed E-state index contributed by atoms with van der Waals surface area (Å²) in [5.74, 6) is 0.577. The van der Waals surface area contributed by atoms with Gasteiger partial charge in [0.15, 0.2) is 11.9 Å². The molecule has 0 aliphatic carbocycles. The standard InChI is InChI=1S/C12H17N3O4S/c1-3-18-7-19-8-4-5-10(9(13)6-8)14-11(20)15-12(16)17-2/h4-6H,3,7,13H2,1-2H3,(H2,14,15,16,20). The molecule has 7 nitrogen and oxygen atoms in total. The van der Waals surface area contributed by atoms with Crippen LogP contribution >= 0.6 is 12.2 Å². The number of rotatable bonds is 5. The third kappa shape index (κ3) is 5.29. The first-order valence-corrected chi connectivity index (χ1v) is 6.23. The van der Waals surface area contributed by atoms with Gasteiger partial charge in [-0.05, 0) is 31.3 Å². The van der Waals surface area contributed by atoms with Crippen LogP contribution in [-0.4, -0.2) is 31.7 Å². The van der Waals surface area contributed by atoms with E-state index < -0.39 is 6.09 Å². The largest absolute Gasteiger partial charge is 0.467 e. The number of hydrogen-bond acceptors (Lipinski definition) is 6. The molecule has 0 fully saturated rings. The Morgan fingerprint density at radius 1 is 1.45 bits per heavy atom. The van der Waals surface area contributed by atoms with Gasteiger partial charge >= 0.3 is 6.09 Å². The van der Waals surface area contributed by atoms with Crippen molar-refractivity contribution >= 4 is 34.8 Å². The first-order valence-electron chi connectivity index (χ1n) is 5.82. The lowest BCUT2D eigenvalue weighted by molar-refractivity contribution is 0.0224. The molecule has 0 aromatic heterocycles. The third-order valence-corrected chi connectivity index (χ3v) is 2.39. The van der Waals surface area contributed by atoms with Gasteiger partial charge in [0, 0.05) is 12.7 Å². The quantitative estimate of drug-likeness (QED) is 0.329. The smallest absolute Gasteiger partial charge is 0.413 e. The minimum atomic E-state index is -0.655. The molecule has 1 aromatic carbocycles. The zero-order valence-electron chi connectivity index (χ0n) is 11.3. The fraction of sp³-hybridized carbons (Fsp3) is 0.333. The van der Waals surface area contributed by atoms with Crippen molar-refractivity contribution in [2.75, 3.05) is 31.6 Å². The van der Waals surface area contributed by atoms with Gasteiger partial charge in [-0.25, -0.2) is 4.79 Å². The Balaban J connectivity index is 2.59. The van der Waals surface area contributed by atoms with Crippen molar-refractivity contribution < 1.29 is 19.0 Å². The minimum absolute atomic E-state index is 0.0894. The number of methoxy groups -OCH3 is 1. The highest BCUT2D eigenvalue weighted by atomic mass is 32.1. The Morgan fingerprint density at radius 3 is 2.80 bits per heavy atom. The second-order valence-corrected chi connectivity index (χ2v) is 3.98. The number of ether oxygens (including phenoxy) is 3. The lowest BCUT2D eigenvalue weighted by Crippen LogP contribution is -2.34. The molecule has 0 atom stereocenters.